The van der Waals surface area contributed by atoms with Crippen LogP contribution in [-0.4, -0.2) is 12.1 Å². The molecule has 0 fully saturated rings. The zero-order valence-corrected chi connectivity index (χ0v) is 14.4. The highest BCUT2D eigenvalue weighted by atomic mass is 16.5. The number of methoxy groups -OCH3 is 1. The number of nitrogens with zero attached hydrogens (tertiary/aromatic N) is 1. The van der Waals surface area contributed by atoms with Gasteiger partial charge in [-0.15, -0.1) is 0 Å². The van der Waals surface area contributed by atoms with E-state index in [0.29, 0.717) is 0 Å². The van der Waals surface area contributed by atoms with Crippen LogP contribution in [0, 0.1) is 6.92 Å². The van der Waals surface area contributed by atoms with E-state index >= 15 is 0 Å². The first-order chi connectivity index (χ1) is 12.2. The van der Waals surface area contributed by atoms with Crippen molar-refractivity contribution in [2.75, 3.05) is 7.11 Å². The fourth-order valence-corrected chi connectivity index (χ4v) is 3.23. The summed E-state index contributed by atoms with van der Waals surface area (Å²) in [5.74, 6) is 0.878. The Morgan fingerprint density at radius 3 is 2.48 bits per heavy atom. The summed E-state index contributed by atoms with van der Waals surface area (Å²) in [5.41, 5.74) is 5.63. The molecular formula is C23H19NO. The number of rotatable bonds is 3. The van der Waals surface area contributed by atoms with E-state index < -0.39 is 0 Å². The number of hydrogen-bond acceptors (Lipinski definition) is 2. The lowest BCUT2D eigenvalue weighted by Crippen LogP contribution is -1.89. The third-order valence-corrected chi connectivity index (χ3v) is 4.43. The minimum Gasteiger partial charge on any atom is -0.497 e. The van der Waals surface area contributed by atoms with Gasteiger partial charge < -0.3 is 4.74 Å². The number of pyridine rings is 1. The molecule has 4 aromatic rings. The highest BCUT2D eigenvalue weighted by Gasteiger charge is 2.08. The predicted molar refractivity (Wildman–Crippen MR) is 104 cm³/mol. The number of benzene rings is 3. The second-order valence-electron chi connectivity index (χ2n) is 6.20. The van der Waals surface area contributed by atoms with Crippen molar-refractivity contribution in [2.45, 2.75) is 6.92 Å². The highest BCUT2D eigenvalue weighted by Crippen LogP contribution is 2.31. The van der Waals surface area contributed by atoms with Gasteiger partial charge in [0.25, 0.3) is 0 Å². The van der Waals surface area contributed by atoms with Crippen LogP contribution in [0.5, 0.6) is 5.75 Å². The lowest BCUT2D eigenvalue weighted by Gasteiger charge is -2.10. The summed E-state index contributed by atoms with van der Waals surface area (Å²) in [5, 5.41) is 2.37. The molecule has 0 saturated carbocycles. The summed E-state index contributed by atoms with van der Waals surface area (Å²) < 4.78 is 5.42. The number of aryl methyl sites for hydroxylation is 1. The Morgan fingerprint density at radius 1 is 0.760 bits per heavy atom. The maximum absolute atomic E-state index is 5.42. The average molecular weight is 325 g/mol. The van der Waals surface area contributed by atoms with Gasteiger partial charge in [-0.2, -0.15) is 0 Å². The summed E-state index contributed by atoms with van der Waals surface area (Å²) in [6.07, 6.45) is 1.88. The maximum atomic E-state index is 5.42. The molecule has 0 spiro atoms. The van der Waals surface area contributed by atoms with E-state index in [4.69, 9.17) is 4.74 Å². The number of hydrogen-bond donors (Lipinski definition) is 0. The summed E-state index contributed by atoms with van der Waals surface area (Å²) in [6.45, 7) is 2.09. The molecule has 25 heavy (non-hydrogen) atoms. The van der Waals surface area contributed by atoms with E-state index in [1.807, 2.05) is 18.3 Å². The van der Waals surface area contributed by atoms with Crippen molar-refractivity contribution in [3.63, 3.8) is 0 Å². The van der Waals surface area contributed by atoms with Crippen LogP contribution in [0.25, 0.3) is 33.2 Å². The molecule has 0 amide bonds. The van der Waals surface area contributed by atoms with Crippen LogP contribution in [0.15, 0.2) is 79.0 Å². The van der Waals surface area contributed by atoms with Crippen LogP contribution in [0.1, 0.15) is 5.56 Å². The molecule has 0 N–H and O–H groups in total. The van der Waals surface area contributed by atoms with Gasteiger partial charge in [0.05, 0.1) is 12.8 Å². The van der Waals surface area contributed by atoms with Gasteiger partial charge in [0.15, 0.2) is 0 Å². The molecule has 3 aromatic carbocycles. The smallest absolute Gasteiger partial charge is 0.119 e. The quantitative estimate of drug-likeness (QED) is 0.469. The normalized spacial score (nSPS) is 10.8. The lowest BCUT2D eigenvalue weighted by atomic mass is 9.98. The van der Waals surface area contributed by atoms with Crippen molar-refractivity contribution in [1.82, 2.24) is 4.98 Å². The predicted octanol–water partition coefficient (Wildman–Crippen LogP) is 5.89. The summed E-state index contributed by atoms with van der Waals surface area (Å²) >= 11 is 0. The minimum absolute atomic E-state index is 0.878. The second-order valence-corrected chi connectivity index (χ2v) is 6.20. The zero-order chi connectivity index (χ0) is 17.2. The van der Waals surface area contributed by atoms with Crippen molar-refractivity contribution in [1.29, 1.82) is 0 Å². The van der Waals surface area contributed by atoms with Gasteiger partial charge in [-0.25, -0.2) is 0 Å². The van der Waals surface area contributed by atoms with Gasteiger partial charge >= 0.3 is 0 Å². The summed E-state index contributed by atoms with van der Waals surface area (Å²) in [7, 11) is 1.70. The van der Waals surface area contributed by atoms with Crippen LogP contribution in [0.2, 0.25) is 0 Å². The Labute approximate surface area is 147 Å². The molecule has 2 heteroatoms. The molecule has 0 bridgehead atoms. The number of fused-ring (bicyclic) bond motifs is 1. The fraction of sp³-hybridized carbons (Fsp3) is 0.0870. The topological polar surface area (TPSA) is 22.1 Å². The summed E-state index contributed by atoms with van der Waals surface area (Å²) in [4.78, 5) is 4.64. The fourth-order valence-electron chi connectivity index (χ4n) is 3.23. The van der Waals surface area contributed by atoms with Crippen molar-refractivity contribution >= 4 is 10.8 Å². The van der Waals surface area contributed by atoms with Crippen LogP contribution in [0.4, 0.5) is 0 Å². The van der Waals surface area contributed by atoms with Gasteiger partial charge in [0, 0.05) is 17.1 Å². The van der Waals surface area contributed by atoms with Crippen LogP contribution >= 0.6 is 0 Å². The van der Waals surface area contributed by atoms with Gasteiger partial charge in [-0.3, -0.25) is 4.98 Å². The molecule has 0 unspecified atom stereocenters. The molecule has 122 valence electrons. The Hall–Kier alpha value is -3.13. The highest BCUT2D eigenvalue weighted by molar-refractivity contribution is 5.95. The Balaban J connectivity index is 1.86. The van der Waals surface area contributed by atoms with Crippen molar-refractivity contribution in [3.8, 4) is 28.1 Å². The minimum atomic E-state index is 0.878. The Morgan fingerprint density at radius 2 is 1.60 bits per heavy atom. The van der Waals surface area contributed by atoms with E-state index in [0.717, 1.165) is 28.1 Å². The molecule has 0 radical (unpaired) electrons. The first-order valence-electron chi connectivity index (χ1n) is 8.35. The van der Waals surface area contributed by atoms with Gasteiger partial charge in [0.1, 0.15) is 5.75 Å². The first kappa shape index (κ1) is 15.4. The monoisotopic (exact) mass is 325 g/mol. The Bertz CT molecular complexity index is 1050. The number of ether oxygens (including phenoxy) is 1. The van der Waals surface area contributed by atoms with Crippen LogP contribution in [-0.2, 0) is 0 Å². The van der Waals surface area contributed by atoms with E-state index in [2.05, 4.69) is 72.6 Å². The molecule has 1 heterocycles. The first-order valence-corrected chi connectivity index (χ1v) is 8.35. The van der Waals surface area contributed by atoms with E-state index in [9.17, 15) is 0 Å². The van der Waals surface area contributed by atoms with Crippen LogP contribution in [0.3, 0.4) is 0 Å². The zero-order valence-electron chi connectivity index (χ0n) is 14.4. The van der Waals surface area contributed by atoms with Gasteiger partial charge in [0.2, 0.25) is 0 Å². The van der Waals surface area contributed by atoms with Gasteiger partial charge in [-0.1, -0.05) is 48.5 Å². The molecule has 4 rings (SSSR count). The molecule has 0 saturated heterocycles. The second kappa shape index (κ2) is 6.40. The van der Waals surface area contributed by atoms with Crippen molar-refractivity contribution in [2.24, 2.45) is 0 Å². The molecule has 2 nitrogen and oxygen atoms in total. The third-order valence-electron chi connectivity index (χ3n) is 4.43. The molecular weight excluding hydrogens is 306 g/mol. The molecule has 0 atom stereocenters. The average Bonchev–Trinajstić information content (AvgIpc) is 2.67. The standard InChI is InChI=1S/C23H19NO/c1-16-12-20(15-21(13-16)25-2)18-7-5-8-19(14-18)23-22-9-4-3-6-17(22)10-11-24-23/h3-15H,1-2H3. The van der Waals surface area contributed by atoms with Gasteiger partial charge in [-0.05, 0) is 53.3 Å². The van der Waals surface area contributed by atoms with Crippen molar-refractivity contribution < 1.29 is 4.74 Å². The Kier molecular flexibility index (Phi) is 3.95. The SMILES string of the molecule is COc1cc(C)cc(-c2cccc(-c3nccc4ccccc34)c2)c1. The van der Waals surface area contributed by atoms with E-state index in [-0.39, 0.29) is 0 Å². The van der Waals surface area contributed by atoms with Crippen LogP contribution < -0.4 is 4.74 Å². The molecule has 0 aliphatic heterocycles. The van der Waals surface area contributed by atoms with Crippen molar-refractivity contribution in [3.05, 3.63) is 84.6 Å². The molecule has 0 aliphatic rings. The number of aromatic nitrogens is 1. The largest absolute Gasteiger partial charge is 0.497 e. The molecule has 0 aliphatic carbocycles. The van der Waals surface area contributed by atoms with E-state index in [1.54, 1.807) is 7.11 Å². The third kappa shape index (κ3) is 2.99. The van der Waals surface area contributed by atoms with E-state index in [1.165, 1.54) is 16.3 Å². The lowest BCUT2D eigenvalue weighted by molar-refractivity contribution is 0.414. The summed E-state index contributed by atoms with van der Waals surface area (Å²) in [6, 6.07) is 25.2. The molecule has 1 aromatic heterocycles. The maximum Gasteiger partial charge on any atom is 0.119 e.